The number of hydrogen-bond donors (Lipinski definition) is 0. The highest BCUT2D eigenvalue weighted by Crippen LogP contribution is 2.27. The summed E-state index contributed by atoms with van der Waals surface area (Å²) in [6, 6.07) is 2.86. The van der Waals surface area contributed by atoms with Crippen molar-refractivity contribution in [2.75, 3.05) is 37.7 Å². The van der Waals surface area contributed by atoms with Gasteiger partial charge in [0.15, 0.2) is 0 Å². The molecule has 10 heteroatoms. The fraction of sp³-hybridized carbons (Fsp3) is 0.565. The summed E-state index contributed by atoms with van der Waals surface area (Å²) in [5.74, 6) is -1.47. The highest BCUT2D eigenvalue weighted by atomic mass is 32.2. The van der Waals surface area contributed by atoms with Crippen LogP contribution in [0.5, 0.6) is 5.75 Å². The van der Waals surface area contributed by atoms with E-state index in [0.717, 1.165) is 48.6 Å². The molecule has 2 aromatic rings. The molecule has 0 N–H and O–H groups in total. The Morgan fingerprint density at radius 2 is 1.76 bits per heavy atom. The van der Waals surface area contributed by atoms with Gasteiger partial charge in [0.2, 0.25) is 5.75 Å². The summed E-state index contributed by atoms with van der Waals surface area (Å²) in [5, 5.41) is 4.22. The van der Waals surface area contributed by atoms with Gasteiger partial charge in [-0.15, -0.1) is 4.31 Å². The minimum absolute atomic E-state index is 0.00275. The summed E-state index contributed by atoms with van der Waals surface area (Å²) in [4.78, 5) is 15.3. The van der Waals surface area contributed by atoms with Crippen LogP contribution >= 0.6 is 0 Å². The lowest BCUT2D eigenvalue weighted by molar-refractivity contribution is 0.297. The molecule has 7 nitrogen and oxygen atoms in total. The van der Waals surface area contributed by atoms with Crippen molar-refractivity contribution in [3.8, 4) is 11.4 Å². The lowest BCUT2D eigenvalue weighted by Crippen LogP contribution is -2.50. The lowest BCUT2D eigenvalue weighted by atomic mass is 10.2. The largest absolute Gasteiger partial charge is 0.598 e. The van der Waals surface area contributed by atoms with E-state index in [4.69, 9.17) is 4.74 Å². The summed E-state index contributed by atoms with van der Waals surface area (Å²) in [6.07, 6.45) is 5.44. The van der Waals surface area contributed by atoms with Crippen LogP contribution in [0.1, 0.15) is 46.5 Å². The smallest absolute Gasteiger partial charge is 0.316 e. The number of ether oxygens (including phenoxy) is 1. The zero-order valence-corrected chi connectivity index (χ0v) is 20.2. The Morgan fingerprint density at radius 1 is 1.09 bits per heavy atom. The molecule has 3 rings (SSSR count). The van der Waals surface area contributed by atoms with E-state index in [2.05, 4.69) is 12.0 Å². The zero-order chi connectivity index (χ0) is 24.0. The Bertz CT molecular complexity index is 960. The Hall–Kier alpha value is -2.17. The molecule has 0 amide bonds. The molecular formula is C23H32F2N4O3S. The fourth-order valence-electron chi connectivity index (χ4n) is 3.75. The lowest BCUT2D eigenvalue weighted by Gasteiger charge is -2.36. The molecule has 1 fully saturated rings. The van der Waals surface area contributed by atoms with Crippen LogP contribution in [-0.2, 0) is 11.4 Å². The number of unbranched alkanes of at least 4 members (excludes halogenated alkanes) is 3. The summed E-state index contributed by atoms with van der Waals surface area (Å²) in [5.41, 5.74) is -0.0307. The van der Waals surface area contributed by atoms with Crippen molar-refractivity contribution in [1.29, 1.82) is 0 Å². The van der Waals surface area contributed by atoms with Gasteiger partial charge in [-0.1, -0.05) is 26.2 Å². The van der Waals surface area contributed by atoms with Crippen molar-refractivity contribution in [2.45, 2.75) is 51.7 Å². The summed E-state index contributed by atoms with van der Waals surface area (Å²) >= 11 is -1.06. The maximum atomic E-state index is 13.7. The van der Waals surface area contributed by atoms with Gasteiger partial charge < -0.3 is 14.2 Å². The van der Waals surface area contributed by atoms with Crippen LogP contribution in [0.15, 0.2) is 29.2 Å². The highest BCUT2D eigenvalue weighted by Gasteiger charge is 2.30. The second kappa shape index (κ2) is 11.8. The molecule has 1 saturated heterocycles. The van der Waals surface area contributed by atoms with E-state index in [-0.39, 0.29) is 16.7 Å². The average molecular weight is 483 g/mol. The molecule has 0 saturated carbocycles. The van der Waals surface area contributed by atoms with Crippen molar-refractivity contribution in [3.63, 3.8) is 0 Å². The molecule has 1 atom stereocenters. The molecule has 33 heavy (non-hydrogen) atoms. The minimum Gasteiger partial charge on any atom is -0.598 e. The third-order valence-corrected chi connectivity index (χ3v) is 7.17. The first-order valence-corrected chi connectivity index (χ1v) is 12.6. The van der Waals surface area contributed by atoms with Crippen LogP contribution in [0.4, 0.5) is 14.5 Å². The molecule has 1 unspecified atom stereocenters. The summed E-state index contributed by atoms with van der Waals surface area (Å²) in [7, 11) is 0. The number of nitrogens with zero attached hydrogens (tertiary/aromatic N) is 4. The molecule has 0 aliphatic carbocycles. The van der Waals surface area contributed by atoms with Gasteiger partial charge in [-0.25, -0.2) is 8.78 Å². The second-order valence-electron chi connectivity index (χ2n) is 8.35. The van der Waals surface area contributed by atoms with Crippen molar-refractivity contribution in [3.05, 3.63) is 46.4 Å². The van der Waals surface area contributed by atoms with Crippen LogP contribution in [0.2, 0.25) is 0 Å². The Morgan fingerprint density at radius 3 is 2.36 bits per heavy atom. The molecule has 1 aromatic heterocycles. The van der Waals surface area contributed by atoms with E-state index in [0.29, 0.717) is 38.5 Å². The number of piperazine rings is 1. The average Bonchev–Trinajstić information content (AvgIpc) is 2.78. The van der Waals surface area contributed by atoms with Crippen molar-refractivity contribution in [1.82, 2.24) is 14.1 Å². The van der Waals surface area contributed by atoms with E-state index in [9.17, 15) is 18.1 Å². The van der Waals surface area contributed by atoms with E-state index >= 15 is 0 Å². The van der Waals surface area contributed by atoms with Gasteiger partial charge in [-0.2, -0.15) is 9.78 Å². The van der Waals surface area contributed by atoms with Gasteiger partial charge in [-0.3, -0.25) is 4.79 Å². The SMILES string of the molecule is CCCCCCOc1c(N2CCN([S+]([O-])C(C)C)CC2)cnn(-c2cc(F)cc(F)c2)c1=O. The Labute approximate surface area is 196 Å². The van der Waals surface area contributed by atoms with Gasteiger partial charge in [0.25, 0.3) is 0 Å². The van der Waals surface area contributed by atoms with Gasteiger partial charge in [0, 0.05) is 30.5 Å². The summed E-state index contributed by atoms with van der Waals surface area (Å²) < 4.78 is 48.7. The molecule has 2 heterocycles. The van der Waals surface area contributed by atoms with Crippen LogP contribution in [0.3, 0.4) is 0 Å². The number of hydrogen-bond acceptors (Lipinski definition) is 6. The highest BCUT2D eigenvalue weighted by molar-refractivity contribution is 7.89. The standard InChI is InChI=1S/C23H32F2N4O3S/c1-4-5-6-7-12-32-22-21(27-8-10-28(11-9-27)33(31)17(2)3)16-26-29(23(22)30)20-14-18(24)13-19(25)15-20/h13-17H,4-12H2,1-3H3. The normalized spacial score (nSPS) is 15.8. The fourth-order valence-corrected chi connectivity index (χ4v) is 4.87. The number of aromatic nitrogens is 2. The Balaban J connectivity index is 1.88. The van der Waals surface area contributed by atoms with E-state index in [1.165, 1.54) is 6.20 Å². The first-order valence-electron chi connectivity index (χ1n) is 11.4. The van der Waals surface area contributed by atoms with Crippen LogP contribution in [0.25, 0.3) is 5.69 Å². The maximum absolute atomic E-state index is 13.7. The van der Waals surface area contributed by atoms with E-state index in [1.807, 2.05) is 23.1 Å². The molecule has 182 valence electrons. The van der Waals surface area contributed by atoms with Crippen molar-refractivity contribution < 1.29 is 18.1 Å². The first kappa shape index (κ1) is 25.5. The van der Waals surface area contributed by atoms with Gasteiger partial charge in [0.1, 0.15) is 22.6 Å². The van der Waals surface area contributed by atoms with Crippen LogP contribution < -0.4 is 15.2 Å². The Kier molecular flexibility index (Phi) is 9.10. The molecule has 0 radical (unpaired) electrons. The zero-order valence-electron chi connectivity index (χ0n) is 19.4. The molecule has 1 aliphatic heterocycles. The van der Waals surface area contributed by atoms with Crippen LogP contribution in [-0.4, -0.2) is 56.7 Å². The predicted molar refractivity (Wildman–Crippen MR) is 126 cm³/mol. The minimum atomic E-state index is -1.06. The van der Waals surface area contributed by atoms with Gasteiger partial charge in [-0.05, 0) is 32.4 Å². The van der Waals surface area contributed by atoms with Crippen molar-refractivity contribution >= 4 is 17.0 Å². The topological polar surface area (TPSA) is 73.7 Å². The molecular weight excluding hydrogens is 450 g/mol. The monoisotopic (exact) mass is 482 g/mol. The van der Waals surface area contributed by atoms with Gasteiger partial charge >= 0.3 is 5.56 Å². The second-order valence-corrected chi connectivity index (χ2v) is 10.4. The first-order chi connectivity index (χ1) is 15.8. The quantitative estimate of drug-likeness (QED) is 0.380. The molecule has 1 aliphatic rings. The number of halogens is 2. The van der Waals surface area contributed by atoms with Crippen LogP contribution in [0, 0.1) is 11.6 Å². The number of benzene rings is 1. The maximum Gasteiger partial charge on any atom is 0.316 e. The van der Waals surface area contributed by atoms with Gasteiger partial charge in [0.05, 0.1) is 31.6 Å². The molecule has 0 spiro atoms. The van der Waals surface area contributed by atoms with Crippen molar-refractivity contribution in [2.24, 2.45) is 0 Å². The van der Waals surface area contributed by atoms with E-state index in [1.54, 1.807) is 0 Å². The van der Waals surface area contributed by atoms with E-state index < -0.39 is 28.6 Å². The number of rotatable bonds is 10. The molecule has 1 aromatic carbocycles. The summed E-state index contributed by atoms with van der Waals surface area (Å²) in [6.45, 7) is 8.61. The third kappa shape index (κ3) is 6.45. The third-order valence-electron chi connectivity index (χ3n) is 5.49. The number of anilines is 1. The molecule has 0 bridgehead atoms. The predicted octanol–water partition coefficient (Wildman–Crippen LogP) is 3.66.